The van der Waals surface area contributed by atoms with Crippen molar-refractivity contribution in [2.45, 2.75) is 45.7 Å². The van der Waals surface area contributed by atoms with E-state index in [1.54, 1.807) is 11.9 Å². The lowest BCUT2D eigenvalue weighted by Gasteiger charge is -2.18. The van der Waals surface area contributed by atoms with Gasteiger partial charge in [-0.05, 0) is 32.4 Å². The maximum Gasteiger partial charge on any atom is 0.223 e. The maximum absolute atomic E-state index is 12.7. The molecule has 1 atom stereocenters. The molecule has 0 unspecified atom stereocenters. The van der Waals surface area contributed by atoms with Gasteiger partial charge in [0, 0.05) is 37.7 Å². The molecule has 9 heteroatoms. The summed E-state index contributed by atoms with van der Waals surface area (Å²) in [5, 5.41) is 4.58. The minimum absolute atomic E-state index is 0.00718. The Bertz CT molecular complexity index is 1160. The van der Waals surface area contributed by atoms with E-state index in [4.69, 9.17) is 4.42 Å². The zero-order valence-electron chi connectivity index (χ0n) is 17.5. The van der Waals surface area contributed by atoms with Gasteiger partial charge in [-0.1, -0.05) is 12.1 Å². The smallest absolute Gasteiger partial charge is 0.223 e. The van der Waals surface area contributed by atoms with Gasteiger partial charge in [0.1, 0.15) is 5.52 Å². The number of benzene rings is 1. The molecule has 1 aliphatic heterocycles. The van der Waals surface area contributed by atoms with Crippen molar-refractivity contribution >= 4 is 26.8 Å². The predicted octanol–water partition coefficient (Wildman–Crippen LogP) is 2.59. The Kier molecular flexibility index (Phi) is 5.40. The molecule has 0 spiro atoms. The lowest BCUT2D eigenvalue weighted by molar-refractivity contribution is -0.130. The summed E-state index contributed by atoms with van der Waals surface area (Å²) in [6.45, 7) is 4.28. The van der Waals surface area contributed by atoms with Gasteiger partial charge in [0.05, 0.1) is 23.2 Å². The fraction of sp³-hybridized carbons (Fsp3) is 0.476. The van der Waals surface area contributed by atoms with E-state index >= 15 is 0 Å². The van der Waals surface area contributed by atoms with Crippen LogP contribution in [0, 0.1) is 13.8 Å². The number of aryl methyl sites for hydroxylation is 2. The summed E-state index contributed by atoms with van der Waals surface area (Å²) in [6.07, 6.45) is 1.33. The number of fused-ring (bicyclic) bond motifs is 1. The quantitative estimate of drug-likeness (QED) is 0.596. The van der Waals surface area contributed by atoms with Crippen molar-refractivity contribution in [3.8, 4) is 0 Å². The van der Waals surface area contributed by atoms with Gasteiger partial charge in [-0.2, -0.15) is 5.10 Å². The Labute approximate surface area is 175 Å². The number of nitrogens with zero attached hydrogens (tertiary/aromatic N) is 4. The molecule has 160 valence electrons. The van der Waals surface area contributed by atoms with Crippen molar-refractivity contribution in [1.82, 2.24) is 19.7 Å². The van der Waals surface area contributed by atoms with Crippen molar-refractivity contribution in [3.63, 3.8) is 0 Å². The van der Waals surface area contributed by atoms with Crippen LogP contribution < -0.4 is 0 Å². The van der Waals surface area contributed by atoms with Crippen molar-refractivity contribution in [2.24, 2.45) is 0 Å². The van der Waals surface area contributed by atoms with E-state index in [0.717, 1.165) is 28.1 Å². The highest BCUT2D eigenvalue weighted by molar-refractivity contribution is 7.91. The fourth-order valence-electron chi connectivity index (χ4n) is 4.01. The number of rotatable bonds is 6. The number of hydrogen-bond acceptors (Lipinski definition) is 6. The third-order valence-corrected chi connectivity index (χ3v) is 7.49. The lowest BCUT2D eigenvalue weighted by atomic mass is 10.1. The Hall–Kier alpha value is -2.68. The molecule has 2 aromatic heterocycles. The van der Waals surface area contributed by atoms with E-state index in [-0.39, 0.29) is 23.5 Å². The van der Waals surface area contributed by atoms with Gasteiger partial charge in [-0.15, -0.1) is 0 Å². The van der Waals surface area contributed by atoms with Crippen molar-refractivity contribution in [1.29, 1.82) is 0 Å². The summed E-state index contributed by atoms with van der Waals surface area (Å²) in [5.41, 5.74) is 4.24. The van der Waals surface area contributed by atoms with E-state index < -0.39 is 9.84 Å². The standard InChI is InChI=1S/C21H26N4O4S/c1-14-17(15(2)25(23-14)16-10-11-30(27,28)13-16)12-24(3)21(26)9-8-20-22-18-6-4-5-7-19(18)29-20/h4-7,16H,8-13H2,1-3H3/t16-/m1/s1. The van der Waals surface area contributed by atoms with Crippen LogP contribution in [0.2, 0.25) is 0 Å². The average Bonchev–Trinajstić information content (AvgIpc) is 3.36. The molecule has 0 aliphatic carbocycles. The molecule has 0 bridgehead atoms. The highest BCUT2D eigenvalue weighted by Gasteiger charge is 2.31. The number of carbonyl (C=O) groups excluding carboxylic acids is 1. The molecule has 0 radical (unpaired) electrons. The Morgan fingerprint density at radius 2 is 2.07 bits per heavy atom. The molecule has 4 rings (SSSR count). The predicted molar refractivity (Wildman–Crippen MR) is 113 cm³/mol. The van der Waals surface area contributed by atoms with E-state index in [2.05, 4.69) is 10.1 Å². The summed E-state index contributed by atoms with van der Waals surface area (Å²) in [7, 11) is -1.22. The second kappa shape index (κ2) is 7.86. The van der Waals surface area contributed by atoms with Crippen LogP contribution in [0.5, 0.6) is 0 Å². The number of hydrogen-bond donors (Lipinski definition) is 0. The zero-order valence-corrected chi connectivity index (χ0v) is 18.3. The number of carbonyl (C=O) groups is 1. The van der Waals surface area contributed by atoms with Crippen LogP contribution in [-0.4, -0.2) is 52.5 Å². The molecule has 1 aliphatic rings. The molecule has 3 aromatic rings. The number of oxazole rings is 1. The minimum atomic E-state index is -2.98. The molecule has 8 nitrogen and oxygen atoms in total. The average molecular weight is 431 g/mol. The maximum atomic E-state index is 12.7. The molecule has 0 saturated carbocycles. The summed E-state index contributed by atoms with van der Waals surface area (Å²) >= 11 is 0. The van der Waals surface area contributed by atoms with Crippen LogP contribution >= 0.6 is 0 Å². The summed E-state index contributed by atoms with van der Waals surface area (Å²) in [6, 6.07) is 7.41. The van der Waals surface area contributed by atoms with Crippen LogP contribution in [0.1, 0.15) is 41.7 Å². The molecule has 1 aromatic carbocycles. The second-order valence-electron chi connectivity index (χ2n) is 7.98. The number of amides is 1. The first-order valence-corrected chi connectivity index (χ1v) is 11.9. The first-order valence-electron chi connectivity index (χ1n) is 10.1. The summed E-state index contributed by atoms with van der Waals surface area (Å²) < 4.78 is 31.2. The number of para-hydroxylation sites is 2. The Morgan fingerprint density at radius 3 is 2.77 bits per heavy atom. The SMILES string of the molecule is Cc1nn([C@@H]2CCS(=O)(=O)C2)c(C)c1CN(C)C(=O)CCc1nc2ccccc2o1. The third-order valence-electron chi connectivity index (χ3n) is 5.74. The van der Waals surface area contributed by atoms with Gasteiger partial charge < -0.3 is 9.32 Å². The third kappa shape index (κ3) is 4.12. The van der Waals surface area contributed by atoms with Crippen LogP contribution in [-0.2, 0) is 27.6 Å². The molecular formula is C21H26N4O4S. The summed E-state index contributed by atoms with van der Waals surface area (Å²) in [4.78, 5) is 18.7. The summed E-state index contributed by atoms with van der Waals surface area (Å²) in [5.74, 6) is 0.889. The largest absolute Gasteiger partial charge is 0.441 e. The number of sulfone groups is 1. The van der Waals surface area contributed by atoms with Gasteiger partial charge in [0.2, 0.25) is 5.91 Å². The monoisotopic (exact) mass is 430 g/mol. The van der Waals surface area contributed by atoms with Gasteiger partial charge in [0.25, 0.3) is 0 Å². The first kappa shape index (κ1) is 20.6. The van der Waals surface area contributed by atoms with Crippen LogP contribution in [0.4, 0.5) is 0 Å². The van der Waals surface area contributed by atoms with Gasteiger partial charge in [0.15, 0.2) is 21.3 Å². The zero-order chi connectivity index (χ0) is 21.5. The van der Waals surface area contributed by atoms with E-state index in [9.17, 15) is 13.2 Å². The Balaban J connectivity index is 1.40. The highest BCUT2D eigenvalue weighted by Crippen LogP contribution is 2.27. The molecule has 30 heavy (non-hydrogen) atoms. The van der Waals surface area contributed by atoms with Crippen LogP contribution in [0.15, 0.2) is 28.7 Å². The molecule has 0 N–H and O–H groups in total. The van der Waals surface area contributed by atoms with Crippen molar-refractivity contribution < 1.29 is 17.6 Å². The molecule has 1 saturated heterocycles. The van der Waals surface area contributed by atoms with Gasteiger partial charge >= 0.3 is 0 Å². The van der Waals surface area contributed by atoms with Crippen molar-refractivity contribution in [2.75, 3.05) is 18.6 Å². The molecule has 1 fully saturated rings. The second-order valence-corrected chi connectivity index (χ2v) is 10.2. The van der Waals surface area contributed by atoms with Crippen LogP contribution in [0.25, 0.3) is 11.1 Å². The topological polar surface area (TPSA) is 98.3 Å². The van der Waals surface area contributed by atoms with E-state index in [1.807, 2.05) is 42.8 Å². The van der Waals surface area contributed by atoms with Crippen molar-refractivity contribution in [3.05, 3.63) is 47.1 Å². The fourth-order valence-corrected chi connectivity index (χ4v) is 5.70. The molecule has 1 amide bonds. The normalized spacial score (nSPS) is 18.2. The molecule has 3 heterocycles. The van der Waals surface area contributed by atoms with E-state index in [0.29, 0.717) is 31.7 Å². The highest BCUT2D eigenvalue weighted by atomic mass is 32.2. The first-order chi connectivity index (χ1) is 14.2. The van der Waals surface area contributed by atoms with Crippen LogP contribution in [0.3, 0.4) is 0 Å². The minimum Gasteiger partial charge on any atom is -0.441 e. The Morgan fingerprint density at radius 1 is 1.30 bits per heavy atom. The lowest BCUT2D eigenvalue weighted by Crippen LogP contribution is -2.27. The van der Waals surface area contributed by atoms with Gasteiger partial charge in [-0.3, -0.25) is 9.48 Å². The molecular weight excluding hydrogens is 404 g/mol. The number of aromatic nitrogens is 3. The van der Waals surface area contributed by atoms with Gasteiger partial charge in [-0.25, -0.2) is 13.4 Å². The van der Waals surface area contributed by atoms with E-state index in [1.165, 1.54) is 0 Å².